The Bertz CT molecular complexity index is 784. The van der Waals surface area contributed by atoms with Crippen molar-refractivity contribution < 1.29 is 4.39 Å². The van der Waals surface area contributed by atoms with E-state index in [4.69, 9.17) is 0 Å². The number of nitrogens with one attached hydrogen (secondary N) is 1. The smallest absolute Gasteiger partial charge is 0.162 e. The SMILES string of the molecule is CNc1nc(-c2cccc(C)c2)nc2cc(F)ccc12. The average Bonchev–Trinajstić information content (AvgIpc) is 2.45. The average molecular weight is 267 g/mol. The molecule has 0 bridgehead atoms. The molecule has 0 aliphatic rings. The van der Waals surface area contributed by atoms with Gasteiger partial charge in [0.1, 0.15) is 11.6 Å². The van der Waals surface area contributed by atoms with Gasteiger partial charge in [0.05, 0.1) is 5.52 Å². The molecule has 0 radical (unpaired) electrons. The number of halogens is 1. The van der Waals surface area contributed by atoms with Crippen LogP contribution in [0.3, 0.4) is 0 Å². The van der Waals surface area contributed by atoms with E-state index in [1.54, 1.807) is 13.1 Å². The predicted molar refractivity (Wildman–Crippen MR) is 79.2 cm³/mol. The van der Waals surface area contributed by atoms with Crippen molar-refractivity contribution in [2.75, 3.05) is 12.4 Å². The molecule has 3 rings (SSSR count). The zero-order valence-electron chi connectivity index (χ0n) is 11.3. The number of hydrogen-bond donors (Lipinski definition) is 1. The lowest BCUT2D eigenvalue weighted by atomic mass is 10.1. The quantitative estimate of drug-likeness (QED) is 0.767. The van der Waals surface area contributed by atoms with Gasteiger partial charge in [0.15, 0.2) is 5.82 Å². The van der Waals surface area contributed by atoms with Crippen LogP contribution in [0.2, 0.25) is 0 Å². The van der Waals surface area contributed by atoms with E-state index in [-0.39, 0.29) is 5.82 Å². The van der Waals surface area contributed by atoms with Crippen molar-refractivity contribution in [1.29, 1.82) is 0 Å². The van der Waals surface area contributed by atoms with Gasteiger partial charge in [-0.1, -0.05) is 23.8 Å². The van der Waals surface area contributed by atoms with Crippen LogP contribution in [0.15, 0.2) is 42.5 Å². The van der Waals surface area contributed by atoms with E-state index >= 15 is 0 Å². The number of aryl methyl sites for hydroxylation is 1. The van der Waals surface area contributed by atoms with Gasteiger partial charge in [-0.05, 0) is 25.1 Å². The summed E-state index contributed by atoms with van der Waals surface area (Å²) in [5.41, 5.74) is 2.66. The molecule has 1 N–H and O–H groups in total. The zero-order chi connectivity index (χ0) is 14.1. The Labute approximate surface area is 116 Å². The van der Waals surface area contributed by atoms with Gasteiger partial charge in [0, 0.05) is 24.1 Å². The van der Waals surface area contributed by atoms with Gasteiger partial charge in [-0.15, -0.1) is 0 Å². The standard InChI is InChI=1S/C16H14FN3/c1-10-4-3-5-11(8-10)15-19-14-9-12(17)6-7-13(14)16(18-2)20-15/h3-9H,1-2H3,(H,18,19,20). The maximum absolute atomic E-state index is 13.4. The Morgan fingerprint density at radius 2 is 1.90 bits per heavy atom. The van der Waals surface area contributed by atoms with Crippen molar-refractivity contribution in [2.24, 2.45) is 0 Å². The number of fused-ring (bicyclic) bond motifs is 1. The second kappa shape index (κ2) is 4.89. The number of nitrogens with zero attached hydrogens (tertiary/aromatic N) is 2. The summed E-state index contributed by atoms with van der Waals surface area (Å²) in [4.78, 5) is 8.98. The summed E-state index contributed by atoms with van der Waals surface area (Å²) in [7, 11) is 1.80. The highest BCUT2D eigenvalue weighted by atomic mass is 19.1. The van der Waals surface area contributed by atoms with Gasteiger partial charge in [-0.25, -0.2) is 14.4 Å². The summed E-state index contributed by atoms with van der Waals surface area (Å²) >= 11 is 0. The molecule has 3 aromatic rings. The summed E-state index contributed by atoms with van der Waals surface area (Å²) in [6, 6.07) is 12.5. The van der Waals surface area contributed by atoms with E-state index in [0.29, 0.717) is 17.2 Å². The van der Waals surface area contributed by atoms with E-state index in [1.165, 1.54) is 12.1 Å². The molecule has 0 aliphatic carbocycles. The van der Waals surface area contributed by atoms with Crippen LogP contribution < -0.4 is 5.32 Å². The lowest BCUT2D eigenvalue weighted by Crippen LogP contribution is -1.99. The molecule has 0 saturated carbocycles. The van der Waals surface area contributed by atoms with E-state index in [1.807, 2.05) is 31.2 Å². The van der Waals surface area contributed by atoms with Crippen molar-refractivity contribution in [1.82, 2.24) is 9.97 Å². The monoisotopic (exact) mass is 267 g/mol. The fourth-order valence-corrected chi connectivity index (χ4v) is 2.21. The van der Waals surface area contributed by atoms with Crippen molar-refractivity contribution >= 4 is 16.7 Å². The molecular formula is C16H14FN3. The van der Waals surface area contributed by atoms with Gasteiger partial charge in [0.2, 0.25) is 0 Å². The van der Waals surface area contributed by atoms with E-state index in [9.17, 15) is 4.39 Å². The normalized spacial score (nSPS) is 10.8. The minimum atomic E-state index is -0.298. The minimum absolute atomic E-state index is 0.298. The molecule has 0 saturated heterocycles. The molecule has 1 heterocycles. The molecule has 0 fully saturated rings. The van der Waals surface area contributed by atoms with Crippen LogP contribution >= 0.6 is 0 Å². The van der Waals surface area contributed by atoms with Crippen LogP contribution in [-0.2, 0) is 0 Å². The molecule has 3 nitrogen and oxygen atoms in total. The number of anilines is 1. The first-order valence-corrected chi connectivity index (χ1v) is 6.39. The maximum atomic E-state index is 13.4. The van der Waals surface area contributed by atoms with Crippen molar-refractivity contribution in [2.45, 2.75) is 6.92 Å². The number of benzene rings is 2. The molecule has 1 aromatic heterocycles. The third-order valence-electron chi connectivity index (χ3n) is 3.17. The molecule has 0 aliphatic heterocycles. The fourth-order valence-electron chi connectivity index (χ4n) is 2.21. The zero-order valence-corrected chi connectivity index (χ0v) is 11.3. The highest BCUT2D eigenvalue weighted by Gasteiger charge is 2.09. The van der Waals surface area contributed by atoms with Crippen LogP contribution in [0.1, 0.15) is 5.56 Å². The Morgan fingerprint density at radius 3 is 2.65 bits per heavy atom. The lowest BCUT2D eigenvalue weighted by Gasteiger charge is -2.08. The Morgan fingerprint density at radius 1 is 1.05 bits per heavy atom. The van der Waals surface area contributed by atoms with Crippen LogP contribution in [-0.4, -0.2) is 17.0 Å². The highest BCUT2D eigenvalue weighted by molar-refractivity contribution is 5.90. The topological polar surface area (TPSA) is 37.8 Å². The van der Waals surface area contributed by atoms with E-state index in [0.717, 1.165) is 16.5 Å². The molecule has 4 heteroatoms. The third kappa shape index (κ3) is 2.20. The van der Waals surface area contributed by atoms with Crippen molar-refractivity contribution in [3.05, 3.63) is 53.8 Å². The third-order valence-corrected chi connectivity index (χ3v) is 3.17. The van der Waals surface area contributed by atoms with Crippen LogP contribution in [0.5, 0.6) is 0 Å². The first-order chi connectivity index (χ1) is 9.67. The molecule has 0 atom stereocenters. The number of aromatic nitrogens is 2. The maximum Gasteiger partial charge on any atom is 0.162 e. The van der Waals surface area contributed by atoms with Gasteiger partial charge < -0.3 is 5.32 Å². The van der Waals surface area contributed by atoms with Gasteiger partial charge in [-0.2, -0.15) is 0 Å². The Hall–Kier alpha value is -2.49. The van der Waals surface area contributed by atoms with Crippen LogP contribution in [0.25, 0.3) is 22.3 Å². The van der Waals surface area contributed by atoms with Crippen molar-refractivity contribution in [3.8, 4) is 11.4 Å². The van der Waals surface area contributed by atoms with Crippen LogP contribution in [0, 0.1) is 12.7 Å². The molecule has 20 heavy (non-hydrogen) atoms. The molecular weight excluding hydrogens is 253 g/mol. The predicted octanol–water partition coefficient (Wildman–Crippen LogP) is 3.79. The van der Waals surface area contributed by atoms with Crippen LogP contribution in [0.4, 0.5) is 10.2 Å². The van der Waals surface area contributed by atoms with E-state index < -0.39 is 0 Å². The lowest BCUT2D eigenvalue weighted by molar-refractivity contribution is 0.629. The molecule has 0 spiro atoms. The summed E-state index contributed by atoms with van der Waals surface area (Å²) < 4.78 is 13.4. The van der Waals surface area contributed by atoms with Crippen molar-refractivity contribution in [3.63, 3.8) is 0 Å². The highest BCUT2D eigenvalue weighted by Crippen LogP contribution is 2.25. The van der Waals surface area contributed by atoms with Gasteiger partial charge in [-0.3, -0.25) is 0 Å². The molecule has 0 unspecified atom stereocenters. The molecule has 100 valence electrons. The minimum Gasteiger partial charge on any atom is -0.373 e. The number of rotatable bonds is 2. The second-order valence-corrected chi connectivity index (χ2v) is 4.68. The first kappa shape index (κ1) is 12.5. The van der Waals surface area contributed by atoms with Gasteiger partial charge >= 0.3 is 0 Å². The van der Waals surface area contributed by atoms with E-state index in [2.05, 4.69) is 15.3 Å². The second-order valence-electron chi connectivity index (χ2n) is 4.68. The molecule has 2 aromatic carbocycles. The fraction of sp³-hybridized carbons (Fsp3) is 0.125. The first-order valence-electron chi connectivity index (χ1n) is 6.39. The Balaban J connectivity index is 2.26. The Kier molecular flexibility index (Phi) is 3.06. The van der Waals surface area contributed by atoms with Gasteiger partial charge in [0.25, 0.3) is 0 Å². The summed E-state index contributed by atoms with van der Waals surface area (Å²) in [5, 5.41) is 3.85. The molecule has 0 amide bonds. The summed E-state index contributed by atoms with van der Waals surface area (Å²) in [6.45, 7) is 2.02. The number of hydrogen-bond acceptors (Lipinski definition) is 3. The summed E-state index contributed by atoms with van der Waals surface area (Å²) in [5.74, 6) is 0.996. The largest absolute Gasteiger partial charge is 0.373 e. The summed E-state index contributed by atoms with van der Waals surface area (Å²) in [6.07, 6.45) is 0.